The third-order valence-electron chi connectivity index (χ3n) is 6.10. The molecule has 1 aromatic carbocycles. The van der Waals surface area contributed by atoms with Crippen molar-refractivity contribution in [1.29, 1.82) is 0 Å². The second-order valence-electron chi connectivity index (χ2n) is 7.92. The molecule has 152 valence electrons. The molecule has 27 heavy (non-hydrogen) atoms. The van der Waals surface area contributed by atoms with Crippen LogP contribution < -0.4 is 18.9 Å². The Morgan fingerprint density at radius 2 is 1.67 bits per heavy atom. The highest BCUT2D eigenvalue weighted by Gasteiger charge is 2.49. The van der Waals surface area contributed by atoms with Gasteiger partial charge in [-0.2, -0.15) is 0 Å². The first-order valence-corrected chi connectivity index (χ1v) is 11.2. The molecule has 1 fully saturated rings. The molecule has 2 aliphatic carbocycles. The Hall–Kier alpha value is -1.47. The first-order chi connectivity index (χ1) is 12.8. The van der Waals surface area contributed by atoms with Crippen LogP contribution in [-0.4, -0.2) is 35.0 Å². The molecule has 1 unspecified atom stereocenters. The van der Waals surface area contributed by atoms with Crippen molar-refractivity contribution in [2.24, 2.45) is 0 Å². The van der Waals surface area contributed by atoms with Gasteiger partial charge in [-0.25, -0.2) is 13.1 Å². The number of ether oxygens (including phenoxy) is 3. The van der Waals surface area contributed by atoms with Crippen molar-refractivity contribution in [3.63, 3.8) is 0 Å². The van der Waals surface area contributed by atoms with E-state index in [1.54, 1.807) is 35.2 Å². The maximum Gasteiger partial charge on any atom is 0.214 e. The lowest BCUT2D eigenvalue weighted by Crippen LogP contribution is -2.35. The summed E-state index contributed by atoms with van der Waals surface area (Å²) in [5.41, 5.74) is 1.97. The van der Waals surface area contributed by atoms with E-state index in [1.807, 2.05) is 6.07 Å². The van der Waals surface area contributed by atoms with E-state index in [-0.39, 0.29) is 11.5 Å². The molecular weight excluding hydrogens is 366 g/mol. The van der Waals surface area contributed by atoms with Crippen LogP contribution in [0.25, 0.3) is 0 Å². The molecule has 1 atom stereocenters. The van der Waals surface area contributed by atoms with Gasteiger partial charge in [0.05, 0.1) is 26.6 Å². The minimum Gasteiger partial charge on any atom is -0.493 e. The third kappa shape index (κ3) is 3.40. The van der Waals surface area contributed by atoms with Crippen molar-refractivity contribution in [2.75, 3.05) is 21.3 Å². The Kier molecular flexibility index (Phi) is 5.64. The Morgan fingerprint density at radius 3 is 2.19 bits per heavy atom. The van der Waals surface area contributed by atoms with Crippen LogP contribution in [0.4, 0.5) is 0 Å². The third-order valence-corrected chi connectivity index (χ3v) is 7.95. The summed E-state index contributed by atoms with van der Waals surface area (Å²) < 4.78 is 45.1. The summed E-state index contributed by atoms with van der Waals surface area (Å²) in [7, 11) is 1.43. The van der Waals surface area contributed by atoms with E-state index in [4.69, 9.17) is 14.2 Å². The van der Waals surface area contributed by atoms with Crippen LogP contribution in [0, 0.1) is 0 Å². The van der Waals surface area contributed by atoms with Crippen molar-refractivity contribution in [3.05, 3.63) is 17.2 Å². The molecule has 6 nitrogen and oxygen atoms in total. The minimum atomic E-state index is -3.40. The van der Waals surface area contributed by atoms with Gasteiger partial charge >= 0.3 is 0 Å². The highest BCUT2D eigenvalue weighted by atomic mass is 32.2. The Bertz CT molecular complexity index is 797. The summed E-state index contributed by atoms with van der Waals surface area (Å²) in [6, 6.07) is 1.65. The van der Waals surface area contributed by atoms with Gasteiger partial charge in [-0.3, -0.25) is 0 Å². The molecule has 0 amide bonds. The molecular formula is C20H31NO5S. The van der Waals surface area contributed by atoms with Gasteiger partial charge in [0, 0.05) is 17.0 Å². The Labute approximate surface area is 162 Å². The second kappa shape index (κ2) is 7.51. The normalized spacial score (nSPS) is 21.3. The van der Waals surface area contributed by atoms with Gasteiger partial charge in [0.15, 0.2) is 11.5 Å². The van der Waals surface area contributed by atoms with Crippen LogP contribution in [0.3, 0.4) is 0 Å². The van der Waals surface area contributed by atoms with Crippen LogP contribution >= 0.6 is 0 Å². The molecule has 0 heterocycles. The van der Waals surface area contributed by atoms with E-state index in [1.165, 1.54) is 6.42 Å². The summed E-state index contributed by atoms with van der Waals surface area (Å²) in [5, 5.41) is -0.481. The van der Waals surface area contributed by atoms with E-state index in [0.717, 1.165) is 43.2 Å². The molecule has 1 spiro atoms. The van der Waals surface area contributed by atoms with Crippen molar-refractivity contribution in [3.8, 4) is 17.2 Å². The molecule has 0 aliphatic heterocycles. The van der Waals surface area contributed by atoms with E-state index < -0.39 is 15.3 Å². The number of sulfonamides is 1. The zero-order valence-electron chi connectivity index (χ0n) is 16.9. The van der Waals surface area contributed by atoms with Gasteiger partial charge < -0.3 is 14.2 Å². The molecule has 0 radical (unpaired) electrons. The lowest BCUT2D eigenvalue weighted by Gasteiger charge is -2.36. The Balaban J connectivity index is 2.19. The maximum atomic E-state index is 12.6. The number of benzene rings is 1. The van der Waals surface area contributed by atoms with E-state index in [9.17, 15) is 8.42 Å². The predicted octanol–water partition coefficient (Wildman–Crippen LogP) is 3.69. The minimum absolute atomic E-state index is 0.0807. The van der Waals surface area contributed by atoms with Crippen LogP contribution in [0.15, 0.2) is 6.07 Å². The molecule has 7 heteroatoms. The topological polar surface area (TPSA) is 73.9 Å². The number of rotatable bonds is 6. The average Bonchev–Trinajstić information content (AvgIpc) is 2.92. The zero-order chi connectivity index (χ0) is 19.8. The molecule has 3 rings (SSSR count). The van der Waals surface area contributed by atoms with Crippen LogP contribution in [0.1, 0.15) is 69.5 Å². The smallest absolute Gasteiger partial charge is 0.214 e. The molecule has 1 aromatic rings. The lowest BCUT2D eigenvalue weighted by atomic mass is 9.70. The van der Waals surface area contributed by atoms with E-state index in [0.29, 0.717) is 17.2 Å². The van der Waals surface area contributed by atoms with E-state index >= 15 is 0 Å². The predicted molar refractivity (Wildman–Crippen MR) is 105 cm³/mol. The van der Waals surface area contributed by atoms with E-state index in [2.05, 4.69) is 4.72 Å². The monoisotopic (exact) mass is 397 g/mol. The van der Waals surface area contributed by atoms with Crippen LogP contribution in [-0.2, 0) is 15.4 Å². The average molecular weight is 398 g/mol. The standard InChI is InChI=1S/C20H31NO5S/c1-13(2)27(22,23)21-15-12-20(9-7-6-8-10-20)17-14(15)11-16(24-3)18(25-4)19(17)26-5/h11,13,15,21H,6-10,12H2,1-5H3. The summed E-state index contributed by atoms with van der Waals surface area (Å²) in [6.07, 6.45) is 6.31. The zero-order valence-corrected chi connectivity index (χ0v) is 17.7. The molecule has 1 saturated carbocycles. The summed E-state index contributed by atoms with van der Waals surface area (Å²) in [5.74, 6) is 1.82. The quantitative estimate of drug-likeness (QED) is 0.792. The summed E-state index contributed by atoms with van der Waals surface area (Å²) in [4.78, 5) is 0. The first kappa shape index (κ1) is 20.3. The molecule has 0 aromatic heterocycles. The number of fused-ring (bicyclic) bond motifs is 2. The lowest BCUT2D eigenvalue weighted by molar-refractivity contribution is 0.263. The number of nitrogens with one attached hydrogen (secondary N) is 1. The van der Waals surface area contributed by atoms with Gasteiger partial charge in [-0.15, -0.1) is 0 Å². The summed E-state index contributed by atoms with van der Waals surface area (Å²) in [6.45, 7) is 3.40. The molecule has 1 N–H and O–H groups in total. The second-order valence-corrected chi connectivity index (χ2v) is 10.2. The molecule has 0 saturated heterocycles. The van der Waals surface area contributed by atoms with Crippen LogP contribution in [0.5, 0.6) is 17.2 Å². The van der Waals surface area contributed by atoms with Gasteiger partial charge in [0.25, 0.3) is 0 Å². The molecule has 2 aliphatic rings. The molecule has 0 bridgehead atoms. The van der Waals surface area contributed by atoms with Gasteiger partial charge in [0.2, 0.25) is 15.8 Å². The van der Waals surface area contributed by atoms with Crippen molar-refractivity contribution in [1.82, 2.24) is 4.72 Å². The SMILES string of the molecule is COc1cc2c(c(OC)c1OC)C1(CCCCC1)CC2NS(=O)(=O)C(C)C. The fourth-order valence-electron chi connectivity index (χ4n) is 4.72. The number of hydrogen-bond acceptors (Lipinski definition) is 5. The van der Waals surface area contributed by atoms with Gasteiger partial charge in [-0.1, -0.05) is 19.3 Å². The van der Waals surface area contributed by atoms with Gasteiger partial charge in [0.1, 0.15) is 0 Å². The van der Waals surface area contributed by atoms with Crippen LogP contribution in [0.2, 0.25) is 0 Å². The first-order valence-electron chi connectivity index (χ1n) is 9.64. The number of methoxy groups -OCH3 is 3. The fraction of sp³-hybridized carbons (Fsp3) is 0.700. The highest BCUT2D eigenvalue weighted by Crippen LogP contribution is 2.59. The largest absolute Gasteiger partial charge is 0.493 e. The number of hydrogen-bond donors (Lipinski definition) is 1. The Morgan fingerprint density at radius 1 is 1.04 bits per heavy atom. The summed E-state index contributed by atoms with van der Waals surface area (Å²) >= 11 is 0. The highest BCUT2D eigenvalue weighted by molar-refractivity contribution is 7.90. The van der Waals surface area contributed by atoms with Gasteiger partial charge in [-0.05, 0) is 44.7 Å². The van der Waals surface area contributed by atoms with Crippen molar-refractivity contribution < 1.29 is 22.6 Å². The van der Waals surface area contributed by atoms with Crippen molar-refractivity contribution >= 4 is 10.0 Å². The fourth-order valence-corrected chi connectivity index (χ4v) is 5.60. The maximum absolute atomic E-state index is 12.6. The van der Waals surface area contributed by atoms with Crippen molar-refractivity contribution in [2.45, 2.75) is 69.1 Å².